The van der Waals surface area contributed by atoms with E-state index in [9.17, 15) is 4.79 Å². The third-order valence-corrected chi connectivity index (χ3v) is 4.24. The van der Waals surface area contributed by atoms with Crippen LogP contribution in [0.2, 0.25) is 0 Å². The fraction of sp³-hybridized carbons (Fsp3) is 0.0455. The Bertz CT molecular complexity index is 1090. The molecule has 2 aromatic carbocycles. The van der Waals surface area contributed by atoms with Crippen molar-refractivity contribution >= 4 is 11.6 Å². The van der Waals surface area contributed by atoms with Gasteiger partial charge in [-0.3, -0.25) is 9.78 Å². The number of aromatic nitrogens is 3. The standard InChI is InChI=1S/C22H18N4O2/c1-28-19-11-5-8-17(13-19)24-22(27)20-15-26(18-9-3-2-4-10-18)25-21(20)16-7-6-12-23-14-16/h2-15H,1H3,(H,24,27). The zero-order valence-corrected chi connectivity index (χ0v) is 15.2. The van der Waals surface area contributed by atoms with Gasteiger partial charge in [-0.25, -0.2) is 4.68 Å². The molecule has 6 heteroatoms. The first-order chi connectivity index (χ1) is 13.7. The highest BCUT2D eigenvalue weighted by Crippen LogP contribution is 2.25. The zero-order valence-electron chi connectivity index (χ0n) is 15.2. The average molecular weight is 370 g/mol. The van der Waals surface area contributed by atoms with Crippen molar-refractivity contribution in [2.45, 2.75) is 0 Å². The summed E-state index contributed by atoms with van der Waals surface area (Å²) in [6.45, 7) is 0. The van der Waals surface area contributed by atoms with Crippen LogP contribution in [0.4, 0.5) is 5.69 Å². The van der Waals surface area contributed by atoms with Crippen LogP contribution in [0, 0.1) is 0 Å². The van der Waals surface area contributed by atoms with E-state index in [1.165, 1.54) is 0 Å². The lowest BCUT2D eigenvalue weighted by Crippen LogP contribution is -2.12. The molecule has 2 aromatic heterocycles. The highest BCUT2D eigenvalue weighted by Gasteiger charge is 2.19. The number of carbonyl (C=O) groups excluding carboxylic acids is 1. The van der Waals surface area contributed by atoms with Gasteiger partial charge in [-0.05, 0) is 36.4 Å². The minimum atomic E-state index is -0.255. The number of methoxy groups -OCH3 is 1. The summed E-state index contributed by atoms with van der Waals surface area (Å²) in [6.07, 6.45) is 5.11. The van der Waals surface area contributed by atoms with E-state index >= 15 is 0 Å². The molecule has 0 saturated heterocycles. The highest BCUT2D eigenvalue weighted by molar-refractivity contribution is 6.08. The molecule has 0 aliphatic heterocycles. The van der Waals surface area contributed by atoms with Crippen LogP contribution >= 0.6 is 0 Å². The van der Waals surface area contributed by atoms with E-state index in [-0.39, 0.29) is 5.91 Å². The van der Waals surface area contributed by atoms with Gasteiger partial charge in [0, 0.05) is 35.9 Å². The molecular formula is C22H18N4O2. The van der Waals surface area contributed by atoms with Crippen LogP contribution in [-0.2, 0) is 0 Å². The number of hydrogen-bond donors (Lipinski definition) is 1. The van der Waals surface area contributed by atoms with Gasteiger partial charge in [-0.2, -0.15) is 5.10 Å². The fourth-order valence-electron chi connectivity index (χ4n) is 2.87. The number of nitrogens with zero attached hydrogens (tertiary/aromatic N) is 3. The predicted molar refractivity (Wildman–Crippen MR) is 108 cm³/mol. The Morgan fingerprint density at radius 3 is 2.64 bits per heavy atom. The van der Waals surface area contributed by atoms with Crippen LogP contribution in [0.25, 0.3) is 16.9 Å². The van der Waals surface area contributed by atoms with Crippen LogP contribution in [0.5, 0.6) is 5.75 Å². The Morgan fingerprint density at radius 1 is 1.04 bits per heavy atom. The molecule has 1 amide bonds. The van der Waals surface area contributed by atoms with Crippen LogP contribution in [0.3, 0.4) is 0 Å². The van der Waals surface area contributed by atoms with Crippen molar-refractivity contribution in [1.29, 1.82) is 0 Å². The van der Waals surface area contributed by atoms with E-state index in [0.29, 0.717) is 22.7 Å². The molecule has 28 heavy (non-hydrogen) atoms. The molecule has 2 heterocycles. The number of para-hydroxylation sites is 1. The largest absolute Gasteiger partial charge is 0.497 e. The maximum Gasteiger partial charge on any atom is 0.259 e. The van der Waals surface area contributed by atoms with Crippen LogP contribution in [0.1, 0.15) is 10.4 Å². The highest BCUT2D eigenvalue weighted by atomic mass is 16.5. The molecule has 0 atom stereocenters. The second-order valence-corrected chi connectivity index (χ2v) is 6.10. The number of rotatable bonds is 5. The molecule has 6 nitrogen and oxygen atoms in total. The summed E-state index contributed by atoms with van der Waals surface area (Å²) in [5.41, 5.74) is 3.31. The van der Waals surface area contributed by atoms with Crippen LogP contribution in [-0.4, -0.2) is 27.8 Å². The number of carbonyl (C=O) groups is 1. The Hall–Kier alpha value is -3.93. The van der Waals surface area contributed by atoms with Crippen molar-refractivity contribution < 1.29 is 9.53 Å². The molecule has 138 valence electrons. The van der Waals surface area contributed by atoms with E-state index < -0.39 is 0 Å². The Labute approximate surface area is 162 Å². The maximum atomic E-state index is 13.0. The molecule has 0 aliphatic carbocycles. The van der Waals surface area contributed by atoms with Gasteiger partial charge in [0.25, 0.3) is 5.91 Å². The molecule has 4 rings (SSSR count). The number of nitrogens with one attached hydrogen (secondary N) is 1. The molecule has 4 aromatic rings. The fourth-order valence-corrected chi connectivity index (χ4v) is 2.87. The van der Waals surface area contributed by atoms with Crippen molar-refractivity contribution in [1.82, 2.24) is 14.8 Å². The molecule has 0 spiro atoms. The topological polar surface area (TPSA) is 69.0 Å². The second-order valence-electron chi connectivity index (χ2n) is 6.10. The molecule has 0 unspecified atom stereocenters. The lowest BCUT2D eigenvalue weighted by atomic mass is 10.1. The zero-order chi connectivity index (χ0) is 19.3. The van der Waals surface area contributed by atoms with Crippen molar-refractivity contribution in [3.63, 3.8) is 0 Å². The van der Waals surface area contributed by atoms with E-state index in [1.807, 2.05) is 60.7 Å². The first-order valence-corrected chi connectivity index (χ1v) is 8.75. The van der Waals surface area contributed by atoms with Gasteiger partial charge in [-0.15, -0.1) is 0 Å². The van der Waals surface area contributed by atoms with Crippen molar-refractivity contribution in [2.24, 2.45) is 0 Å². The minimum absolute atomic E-state index is 0.255. The van der Waals surface area contributed by atoms with Gasteiger partial charge in [0.2, 0.25) is 0 Å². The van der Waals surface area contributed by atoms with Gasteiger partial charge in [0.05, 0.1) is 18.4 Å². The second kappa shape index (κ2) is 7.75. The van der Waals surface area contributed by atoms with E-state index in [0.717, 1.165) is 11.3 Å². The van der Waals surface area contributed by atoms with E-state index in [4.69, 9.17) is 4.74 Å². The summed E-state index contributed by atoms with van der Waals surface area (Å²) >= 11 is 0. The number of benzene rings is 2. The molecule has 0 bridgehead atoms. The van der Waals surface area contributed by atoms with Crippen molar-refractivity contribution in [3.8, 4) is 22.7 Å². The first kappa shape index (κ1) is 17.5. The monoisotopic (exact) mass is 370 g/mol. The van der Waals surface area contributed by atoms with Crippen LogP contribution in [0.15, 0.2) is 85.3 Å². The lowest BCUT2D eigenvalue weighted by molar-refractivity contribution is 0.102. The number of hydrogen-bond acceptors (Lipinski definition) is 4. The SMILES string of the molecule is COc1cccc(NC(=O)c2cn(-c3ccccc3)nc2-c2cccnc2)c1. The number of amides is 1. The van der Waals surface area contributed by atoms with Crippen molar-refractivity contribution in [2.75, 3.05) is 12.4 Å². The molecule has 0 saturated carbocycles. The van der Waals surface area contributed by atoms with Gasteiger partial charge < -0.3 is 10.1 Å². The first-order valence-electron chi connectivity index (χ1n) is 8.75. The quantitative estimate of drug-likeness (QED) is 0.572. The van der Waals surface area contributed by atoms with Gasteiger partial charge in [0.1, 0.15) is 11.4 Å². The van der Waals surface area contributed by atoms with Crippen LogP contribution < -0.4 is 10.1 Å². The summed E-state index contributed by atoms with van der Waals surface area (Å²) in [5.74, 6) is 0.416. The van der Waals surface area contributed by atoms with E-state index in [2.05, 4.69) is 15.4 Å². The molecule has 0 aliphatic rings. The lowest BCUT2D eigenvalue weighted by Gasteiger charge is -2.07. The third kappa shape index (κ3) is 3.61. The molecule has 1 N–H and O–H groups in total. The predicted octanol–water partition coefficient (Wildman–Crippen LogP) is 4.20. The summed E-state index contributed by atoms with van der Waals surface area (Å²) in [7, 11) is 1.59. The van der Waals surface area contributed by atoms with Gasteiger partial charge in [0.15, 0.2) is 0 Å². The Morgan fingerprint density at radius 2 is 1.89 bits per heavy atom. The number of pyridine rings is 1. The Balaban J connectivity index is 1.74. The van der Waals surface area contributed by atoms with Gasteiger partial charge >= 0.3 is 0 Å². The maximum absolute atomic E-state index is 13.0. The summed E-state index contributed by atoms with van der Waals surface area (Å²) in [4.78, 5) is 17.2. The normalized spacial score (nSPS) is 10.5. The summed E-state index contributed by atoms with van der Waals surface area (Å²) < 4.78 is 6.92. The van der Waals surface area contributed by atoms with Crippen molar-refractivity contribution in [3.05, 3.63) is 90.9 Å². The Kier molecular flexibility index (Phi) is 4.84. The minimum Gasteiger partial charge on any atom is -0.497 e. The summed E-state index contributed by atoms with van der Waals surface area (Å²) in [5, 5.41) is 7.55. The number of anilines is 1. The third-order valence-electron chi connectivity index (χ3n) is 4.24. The summed E-state index contributed by atoms with van der Waals surface area (Å²) in [6, 6.07) is 20.6. The molecule has 0 radical (unpaired) electrons. The number of ether oxygens (including phenoxy) is 1. The average Bonchev–Trinajstić information content (AvgIpc) is 3.21. The molecule has 0 fully saturated rings. The van der Waals surface area contributed by atoms with E-state index in [1.54, 1.807) is 36.4 Å². The smallest absolute Gasteiger partial charge is 0.259 e. The molecular weight excluding hydrogens is 352 g/mol. The van der Waals surface area contributed by atoms with Gasteiger partial charge in [-0.1, -0.05) is 24.3 Å².